The van der Waals surface area contributed by atoms with Crippen LogP contribution in [0, 0.1) is 0 Å². The molecule has 4 nitrogen and oxygen atoms in total. The predicted octanol–water partition coefficient (Wildman–Crippen LogP) is 0.260. The number of carbonyl (C=O) groups excluding carboxylic acids is 1. The van der Waals surface area contributed by atoms with Crippen LogP contribution in [0.15, 0.2) is 0 Å². The van der Waals surface area contributed by atoms with Crippen molar-refractivity contribution in [2.24, 2.45) is 0 Å². The summed E-state index contributed by atoms with van der Waals surface area (Å²) in [5.41, 5.74) is -0.454. The van der Waals surface area contributed by atoms with E-state index in [0.29, 0.717) is 6.54 Å². The Labute approximate surface area is 86.1 Å². The van der Waals surface area contributed by atoms with Crippen LogP contribution in [-0.4, -0.2) is 35.2 Å². The lowest BCUT2D eigenvalue weighted by Gasteiger charge is -2.32. The lowest BCUT2D eigenvalue weighted by molar-refractivity contribution is -0.123. The van der Waals surface area contributed by atoms with Gasteiger partial charge >= 0.3 is 0 Å². The molecule has 0 aliphatic carbocycles. The molecular weight excluding hydrogens is 180 g/mol. The summed E-state index contributed by atoms with van der Waals surface area (Å²) in [6.07, 6.45) is -0.501. The summed E-state index contributed by atoms with van der Waals surface area (Å²) in [4.78, 5) is 11.4. The zero-order valence-electron chi connectivity index (χ0n) is 9.72. The van der Waals surface area contributed by atoms with Gasteiger partial charge in [0.2, 0.25) is 5.91 Å². The summed E-state index contributed by atoms with van der Waals surface area (Å²) in [7, 11) is 0. The van der Waals surface area contributed by atoms with Crippen LogP contribution in [0.2, 0.25) is 0 Å². The fourth-order valence-electron chi connectivity index (χ4n) is 1.07. The van der Waals surface area contributed by atoms with Gasteiger partial charge in [0, 0.05) is 12.1 Å². The maximum atomic E-state index is 11.4. The molecule has 0 radical (unpaired) electrons. The predicted molar refractivity (Wildman–Crippen MR) is 57.0 cm³/mol. The number of rotatable bonds is 5. The first-order chi connectivity index (χ1) is 6.31. The number of carbonyl (C=O) groups is 1. The fourth-order valence-corrected chi connectivity index (χ4v) is 1.07. The second kappa shape index (κ2) is 5.32. The van der Waals surface area contributed by atoms with Gasteiger partial charge in [-0.2, -0.15) is 0 Å². The molecule has 0 saturated carbocycles. The Hall–Kier alpha value is -0.610. The highest BCUT2D eigenvalue weighted by Gasteiger charge is 2.27. The van der Waals surface area contributed by atoms with Crippen LogP contribution in [0.5, 0.6) is 0 Å². The highest BCUT2D eigenvalue weighted by atomic mass is 16.3. The van der Waals surface area contributed by atoms with Gasteiger partial charge in [0.25, 0.3) is 0 Å². The molecule has 0 aromatic rings. The number of aliphatic hydroxyl groups is 1. The number of hydrogen-bond donors (Lipinski definition) is 3. The van der Waals surface area contributed by atoms with E-state index in [1.54, 1.807) is 13.8 Å². The molecule has 3 N–H and O–H groups in total. The molecule has 4 heteroatoms. The smallest absolute Gasteiger partial charge is 0.236 e. The third-order valence-electron chi connectivity index (χ3n) is 2.38. The molecule has 0 spiro atoms. The van der Waals surface area contributed by atoms with Crippen LogP contribution in [0.3, 0.4) is 0 Å². The minimum atomic E-state index is -0.501. The van der Waals surface area contributed by atoms with Crippen molar-refractivity contribution < 1.29 is 9.90 Å². The number of amides is 1. The number of likely N-dealkylation sites (N-methyl/N-ethyl adjacent to an activating group) is 1. The van der Waals surface area contributed by atoms with Gasteiger partial charge in [-0.3, -0.25) is 10.1 Å². The molecular formula is C10H22N2O2. The maximum absolute atomic E-state index is 11.4. The van der Waals surface area contributed by atoms with E-state index in [4.69, 9.17) is 0 Å². The molecule has 0 rings (SSSR count). The standard InChI is InChI=1S/C10H22N2O2/c1-6-11-9(14)7(2)12-10(4,5)8(3)13/h7-8,12-13H,6H2,1-5H3,(H,11,14). The monoisotopic (exact) mass is 202 g/mol. The third-order valence-corrected chi connectivity index (χ3v) is 2.38. The zero-order chi connectivity index (χ0) is 11.4. The van der Waals surface area contributed by atoms with Gasteiger partial charge in [0.05, 0.1) is 12.1 Å². The Balaban J connectivity index is 4.17. The van der Waals surface area contributed by atoms with Crippen LogP contribution in [0.4, 0.5) is 0 Å². The minimum absolute atomic E-state index is 0.0405. The average molecular weight is 202 g/mol. The van der Waals surface area contributed by atoms with Crippen LogP contribution in [0.25, 0.3) is 0 Å². The van der Waals surface area contributed by atoms with Gasteiger partial charge in [-0.05, 0) is 34.6 Å². The van der Waals surface area contributed by atoms with Gasteiger partial charge in [0.15, 0.2) is 0 Å². The molecule has 84 valence electrons. The average Bonchev–Trinajstić information content (AvgIpc) is 2.03. The van der Waals surface area contributed by atoms with Gasteiger partial charge in [-0.1, -0.05) is 0 Å². The molecule has 0 bridgehead atoms. The Morgan fingerprint density at radius 3 is 2.29 bits per heavy atom. The second-order valence-electron chi connectivity index (χ2n) is 4.16. The first kappa shape index (κ1) is 13.4. The van der Waals surface area contributed by atoms with E-state index in [0.717, 1.165) is 0 Å². The first-order valence-electron chi connectivity index (χ1n) is 5.04. The van der Waals surface area contributed by atoms with Crippen molar-refractivity contribution in [2.75, 3.05) is 6.54 Å². The van der Waals surface area contributed by atoms with Crippen molar-refractivity contribution in [3.63, 3.8) is 0 Å². The summed E-state index contributed by atoms with van der Waals surface area (Å²) in [6, 6.07) is -0.292. The van der Waals surface area contributed by atoms with Gasteiger partial charge in [-0.25, -0.2) is 0 Å². The van der Waals surface area contributed by atoms with Crippen LogP contribution < -0.4 is 10.6 Å². The molecule has 0 aliphatic heterocycles. The SMILES string of the molecule is CCNC(=O)C(C)NC(C)(C)C(C)O. The van der Waals surface area contributed by atoms with Crippen LogP contribution >= 0.6 is 0 Å². The molecule has 0 aliphatic rings. The first-order valence-corrected chi connectivity index (χ1v) is 5.04. The Kier molecular flexibility index (Phi) is 5.08. The Morgan fingerprint density at radius 1 is 1.43 bits per heavy atom. The van der Waals surface area contributed by atoms with Gasteiger partial charge in [0.1, 0.15) is 0 Å². The zero-order valence-corrected chi connectivity index (χ0v) is 9.72. The van der Waals surface area contributed by atoms with Crippen LogP contribution in [-0.2, 0) is 4.79 Å². The van der Waals surface area contributed by atoms with E-state index in [1.807, 2.05) is 20.8 Å². The summed E-state index contributed by atoms with van der Waals surface area (Å²) >= 11 is 0. The summed E-state index contributed by atoms with van der Waals surface area (Å²) in [5, 5.41) is 15.2. The molecule has 0 saturated heterocycles. The van der Waals surface area contributed by atoms with Crippen molar-refractivity contribution in [1.82, 2.24) is 10.6 Å². The summed E-state index contributed by atoms with van der Waals surface area (Å²) in [5.74, 6) is -0.0405. The number of nitrogens with one attached hydrogen (secondary N) is 2. The number of hydrogen-bond acceptors (Lipinski definition) is 3. The molecule has 0 aromatic heterocycles. The van der Waals surface area contributed by atoms with Crippen molar-refractivity contribution in [1.29, 1.82) is 0 Å². The van der Waals surface area contributed by atoms with Crippen molar-refractivity contribution >= 4 is 5.91 Å². The van der Waals surface area contributed by atoms with Crippen molar-refractivity contribution in [3.8, 4) is 0 Å². The topological polar surface area (TPSA) is 61.4 Å². The highest BCUT2D eigenvalue weighted by Crippen LogP contribution is 2.09. The molecule has 0 fully saturated rings. The maximum Gasteiger partial charge on any atom is 0.236 e. The van der Waals surface area contributed by atoms with Gasteiger partial charge in [-0.15, -0.1) is 0 Å². The van der Waals surface area contributed by atoms with Gasteiger partial charge < -0.3 is 10.4 Å². The van der Waals surface area contributed by atoms with Crippen molar-refractivity contribution in [3.05, 3.63) is 0 Å². The van der Waals surface area contributed by atoms with E-state index in [2.05, 4.69) is 10.6 Å². The molecule has 2 unspecified atom stereocenters. The normalized spacial score (nSPS) is 16.1. The van der Waals surface area contributed by atoms with E-state index in [-0.39, 0.29) is 11.9 Å². The largest absolute Gasteiger partial charge is 0.392 e. The minimum Gasteiger partial charge on any atom is -0.392 e. The summed E-state index contributed by atoms with van der Waals surface area (Å²) in [6.45, 7) is 9.73. The Bertz CT molecular complexity index is 191. The second-order valence-corrected chi connectivity index (χ2v) is 4.16. The van der Waals surface area contributed by atoms with E-state index < -0.39 is 11.6 Å². The van der Waals surface area contributed by atoms with Crippen LogP contribution in [0.1, 0.15) is 34.6 Å². The molecule has 1 amide bonds. The quantitative estimate of drug-likeness (QED) is 0.599. The lowest BCUT2D eigenvalue weighted by Crippen LogP contribution is -2.56. The molecule has 0 aromatic carbocycles. The van der Waals surface area contributed by atoms with E-state index >= 15 is 0 Å². The molecule has 14 heavy (non-hydrogen) atoms. The lowest BCUT2D eigenvalue weighted by atomic mass is 9.97. The Morgan fingerprint density at radius 2 is 1.93 bits per heavy atom. The number of aliphatic hydroxyl groups excluding tert-OH is 1. The van der Waals surface area contributed by atoms with Crippen molar-refractivity contribution in [2.45, 2.75) is 52.3 Å². The molecule has 0 heterocycles. The highest BCUT2D eigenvalue weighted by molar-refractivity contribution is 5.81. The molecule has 2 atom stereocenters. The fraction of sp³-hybridized carbons (Fsp3) is 0.900. The third kappa shape index (κ3) is 4.07. The van der Waals surface area contributed by atoms with E-state index in [1.165, 1.54) is 0 Å². The van der Waals surface area contributed by atoms with E-state index in [9.17, 15) is 9.90 Å². The summed E-state index contributed by atoms with van der Waals surface area (Å²) < 4.78 is 0.